The zero-order valence-electron chi connectivity index (χ0n) is 49.9. The molecule has 0 saturated heterocycles. The molecule has 0 heterocycles. The van der Waals surface area contributed by atoms with Crippen molar-refractivity contribution in [3.05, 3.63) is 167 Å². The van der Waals surface area contributed by atoms with E-state index < -0.39 is 125 Å². The third kappa shape index (κ3) is 18.2. The number of hydrogen-bond donors (Lipinski definition) is 11. The van der Waals surface area contributed by atoms with E-state index in [1.165, 1.54) is 32.5 Å². The van der Waals surface area contributed by atoms with Crippen LogP contribution in [-0.2, 0) is 52.6 Å². The van der Waals surface area contributed by atoms with Crippen molar-refractivity contribution in [1.82, 2.24) is 42.5 Å². The third-order valence-corrected chi connectivity index (χ3v) is 17.2. The number of aliphatic carboxylic acids is 1. The number of carbonyl (C=O) groups is 10. The Labute approximate surface area is 519 Å². The van der Waals surface area contributed by atoms with Crippen LogP contribution in [0.4, 0.5) is 4.79 Å². The molecule has 0 bridgehead atoms. The predicted octanol–water partition coefficient (Wildman–Crippen LogP) is 4.03. The van der Waals surface area contributed by atoms with E-state index in [4.69, 9.17) is 10.5 Å². The minimum atomic E-state index is -1.76. The molecule has 12 N–H and O–H groups in total. The van der Waals surface area contributed by atoms with Gasteiger partial charge in [0.15, 0.2) is 6.04 Å². The van der Waals surface area contributed by atoms with Crippen molar-refractivity contribution in [2.24, 2.45) is 17.6 Å². The van der Waals surface area contributed by atoms with Gasteiger partial charge in [0.2, 0.25) is 47.3 Å². The van der Waals surface area contributed by atoms with Crippen LogP contribution in [0, 0.1) is 11.8 Å². The van der Waals surface area contributed by atoms with Crippen LogP contribution >= 0.6 is 23.5 Å². The van der Waals surface area contributed by atoms with Crippen LogP contribution < -0.4 is 48.3 Å². The Morgan fingerprint density at radius 3 is 1.39 bits per heavy atom. The van der Waals surface area contributed by atoms with Crippen molar-refractivity contribution in [1.29, 1.82) is 0 Å². The maximum Gasteiger partial charge on any atom is 0.407 e. The Balaban J connectivity index is 1.15. The Morgan fingerprint density at radius 2 is 0.943 bits per heavy atom. The van der Waals surface area contributed by atoms with Gasteiger partial charge in [0.1, 0.15) is 42.9 Å². The number of carboxylic acids is 1. The zero-order chi connectivity index (χ0) is 64.2. The highest BCUT2D eigenvalue weighted by Gasteiger charge is 2.41. The topological polar surface area (TPSA) is 343 Å². The van der Waals surface area contributed by atoms with Gasteiger partial charge < -0.3 is 63.2 Å². The van der Waals surface area contributed by atoms with Crippen LogP contribution in [0.3, 0.4) is 0 Å². The van der Waals surface area contributed by atoms with Crippen molar-refractivity contribution in [2.45, 2.75) is 114 Å². The van der Waals surface area contributed by atoms with Crippen molar-refractivity contribution in [3.63, 3.8) is 0 Å². The first-order valence-corrected chi connectivity index (χ1v) is 30.8. The van der Waals surface area contributed by atoms with Gasteiger partial charge in [-0.2, -0.15) is 0 Å². The molecule has 0 saturated carbocycles. The molecule has 468 valence electrons. The molecule has 0 fully saturated rings. The number of nitrogens with two attached hydrogens (primary N) is 1. The Hall–Kier alpha value is -8.74. The number of hydrogen-bond acceptors (Lipinski definition) is 14. The molecular formula is C64H77N9O13S2. The summed E-state index contributed by atoms with van der Waals surface area (Å²) in [5.41, 5.74) is 12.0. The van der Waals surface area contributed by atoms with Gasteiger partial charge in [-0.15, -0.1) is 23.5 Å². The molecule has 0 spiro atoms. The van der Waals surface area contributed by atoms with Crippen molar-refractivity contribution in [3.8, 4) is 11.1 Å². The van der Waals surface area contributed by atoms with Gasteiger partial charge in [-0.1, -0.05) is 167 Å². The second-order valence-electron chi connectivity index (χ2n) is 21.9. The first-order chi connectivity index (χ1) is 41.9. The minimum absolute atomic E-state index is 0.0621. The lowest BCUT2D eigenvalue weighted by Gasteiger charge is -2.36. The molecule has 6 rings (SSSR count). The fourth-order valence-corrected chi connectivity index (χ4v) is 12.5. The van der Waals surface area contributed by atoms with E-state index in [0.29, 0.717) is 0 Å². The van der Waals surface area contributed by atoms with E-state index >= 15 is 0 Å². The molecule has 5 aromatic carbocycles. The lowest BCUT2D eigenvalue weighted by Crippen LogP contribution is -2.61. The number of aliphatic hydroxyl groups is 1. The molecule has 22 nitrogen and oxygen atoms in total. The molecule has 0 aliphatic heterocycles. The number of ether oxygens (including phenoxy) is 1. The quantitative estimate of drug-likeness (QED) is 0.0170. The summed E-state index contributed by atoms with van der Waals surface area (Å²) in [4.78, 5) is 135. The summed E-state index contributed by atoms with van der Waals surface area (Å²) in [7, 11) is 0. The van der Waals surface area contributed by atoms with E-state index in [9.17, 15) is 58.2 Å². The Morgan fingerprint density at radius 1 is 0.523 bits per heavy atom. The number of carboxylic acid groups (broad SMARTS) is 1. The van der Waals surface area contributed by atoms with Gasteiger partial charge in [-0.05, 0) is 64.6 Å². The molecule has 0 aromatic heterocycles. The monoisotopic (exact) mass is 1240 g/mol. The largest absolute Gasteiger partial charge is 0.480 e. The summed E-state index contributed by atoms with van der Waals surface area (Å²) < 4.78 is 4.71. The van der Waals surface area contributed by atoms with Gasteiger partial charge in [0.05, 0.1) is 23.1 Å². The molecule has 5 aromatic rings. The third-order valence-electron chi connectivity index (χ3n) is 14.6. The van der Waals surface area contributed by atoms with Gasteiger partial charge in [-0.25, -0.2) is 9.59 Å². The fourth-order valence-electron chi connectivity index (χ4n) is 10.0. The molecule has 0 radical (unpaired) electrons. The number of rotatable bonds is 31. The lowest BCUT2D eigenvalue weighted by molar-refractivity contribution is -0.145. The predicted molar refractivity (Wildman–Crippen MR) is 335 cm³/mol. The summed E-state index contributed by atoms with van der Waals surface area (Å²) in [6.45, 7) is 10.1. The van der Waals surface area contributed by atoms with E-state index in [1.807, 2.05) is 140 Å². The highest BCUT2D eigenvalue weighted by Crippen LogP contribution is 2.49. The number of fused-ring (bicyclic) bond motifs is 3. The number of nitrogens with one attached hydrogen (secondary N) is 8. The summed E-state index contributed by atoms with van der Waals surface area (Å²) in [6.07, 6.45) is -3.22. The first-order valence-electron chi connectivity index (χ1n) is 28.7. The summed E-state index contributed by atoms with van der Waals surface area (Å²) in [5, 5.41) is 40.8. The second kappa shape index (κ2) is 32.3. The molecule has 1 aliphatic rings. The molecule has 24 heteroatoms. The van der Waals surface area contributed by atoms with Crippen LogP contribution in [-0.4, -0.2) is 142 Å². The summed E-state index contributed by atoms with van der Waals surface area (Å²) in [6, 6.07) is 33.4. The van der Waals surface area contributed by atoms with E-state index in [2.05, 4.69) is 42.5 Å². The number of carbonyl (C=O) groups excluding carboxylic acids is 9. The summed E-state index contributed by atoms with van der Waals surface area (Å²) in [5.74, 6) is -10.2. The molecule has 0 unspecified atom stereocenters. The molecular weight excluding hydrogens is 1170 g/mol. The number of thioether (sulfide) groups is 2. The average Bonchev–Trinajstić information content (AvgIpc) is 1.40. The van der Waals surface area contributed by atoms with Crippen LogP contribution in [0.2, 0.25) is 0 Å². The smallest absolute Gasteiger partial charge is 0.407 e. The minimum Gasteiger partial charge on any atom is -0.480 e. The van der Waals surface area contributed by atoms with Crippen LogP contribution in [0.15, 0.2) is 140 Å². The van der Waals surface area contributed by atoms with Gasteiger partial charge >= 0.3 is 12.1 Å². The van der Waals surface area contributed by atoms with Crippen molar-refractivity contribution < 1.29 is 62.9 Å². The average molecular weight is 1240 g/mol. The van der Waals surface area contributed by atoms with E-state index in [1.54, 1.807) is 27.7 Å². The van der Waals surface area contributed by atoms with Crippen LogP contribution in [0.1, 0.15) is 88.6 Å². The highest BCUT2D eigenvalue weighted by atomic mass is 32.2. The van der Waals surface area contributed by atoms with Gasteiger partial charge in [-0.3, -0.25) is 38.4 Å². The normalized spacial score (nSPS) is 14.6. The van der Waals surface area contributed by atoms with Crippen molar-refractivity contribution >= 4 is 82.8 Å². The number of alkyl carbamates (subject to hydrolysis) is 1. The number of primary amides is 1. The Kier molecular flexibility index (Phi) is 25.1. The maximum atomic E-state index is 14.2. The number of amides is 9. The Bertz CT molecular complexity index is 3120. The van der Waals surface area contributed by atoms with Crippen LogP contribution in [0.5, 0.6) is 0 Å². The molecule has 9 amide bonds. The lowest BCUT2D eigenvalue weighted by atomic mass is 9.84. The van der Waals surface area contributed by atoms with Crippen LogP contribution in [0.25, 0.3) is 11.1 Å². The maximum absolute atomic E-state index is 14.2. The standard InChI is InChI=1S/C64H77N9O13S2/c1-36(2)53(60(81)67-38(5)56(77)69-51(59(80)73-55(39(6)74)62(83)84)34-88-64(41-21-11-8-12-22-41,42-23-13-9-14-24-42)43-25-15-10-16-26-43)71-57(78)49(31-52(65)76)68-61(82)54(37(3)4)72-58(79)50(33-87-35-66-40(7)75)70-63(85)86-32-48-46-29-19-17-27-44(46)45-28-18-20-30-47(45)48/h8-30,36-39,48-51,53-55,74H,31-35H2,1-7H3,(H2,65,76)(H,66,75)(H,67,81)(H,68,82)(H,69,77)(H,70,85)(H,71,78)(H,72,79)(H,73,80)(H,83,84)/t38-,39+,49-,50-,51-,53-,54-,55-/m0/s1. The molecule has 1 aliphatic carbocycles. The van der Waals surface area contributed by atoms with E-state index in [0.717, 1.165) is 50.7 Å². The van der Waals surface area contributed by atoms with Gasteiger partial charge in [0.25, 0.3) is 0 Å². The van der Waals surface area contributed by atoms with E-state index in [-0.39, 0.29) is 35.8 Å². The summed E-state index contributed by atoms with van der Waals surface area (Å²) >= 11 is 2.39. The molecule has 8 atom stereocenters. The second-order valence-corrected chi connectivity index (χ2v) is 24.2. The highest BCUT2D eigenvalue weighted by molar-refractivity contribution is 8.00. The van der Waals surface area contributed by atoms with Crippen molar-refractivity contribution in [2.75, 3.05) is 24.0 Å². The SMILES string of the molecule is CC(=O)NCSC[C@H](NC(=O)OCC1c2ccccc2-c2ccccc21)C(=O)N[C@H](C(=O)N[C@@H](CC(N)=O)C(=O)N[C@H](C(=O)N[C@@H](C)C(=O)N[C@@H](CSC(c1ccccc1)(c1ccccc1)c1ccccc1)C(=O)N[C@H](C(=O)O)[C@@H](C)O)C(C)C)C(C)C. The fraction of sp³-hybridized carbons (Fsp3) is 0.375. The number of benzene rings is 5. The first kappa shape index (κ1) is 68.4. The number of aliphatic hydroxyl groups excluding tert-OH is 1. The zero-order valence-corrected chi connectivity index (χ0v) is 51.6. The van der Waals surface area contributed by atoms with Gasteiger partial charge in [0, 0.05) is 24.3 Å². The molecule has 88 heavy (non-hydrogen) atoms.